The smallest absolute Gasteiger partial charge is 0.354 e. The van der Waals surface area contributed by atoms with Crippen molar-refractivity contribution in [2.45, 2.75) is 0 Å². The first-order chi connectivity index (χ1) is 8.77. The summed E-state index contributed by atoms with van der Waals surface area (Å²) in [6.45, 7) is 0. The van der Waals surface area contributed by atoms with Gasteiger partial charge in [0.15, 0.2) is 11.4 Å². The van der Waals surface area contributed by atoms with Gasteiger partial charge in [0.2, 0.25) is 12.2 Å². The molecule has 1 N–H and O–H groups in total. The van der Waals surface area contributed by atoms with Gasteiger partial charge >= 0.3 is 5.82 Å². The second kappa shape index (κ2) is 3.73. The Hall–Kier alpha value is -3.11. The molecule has 11 heteroatoms. The van der Waals surface area contributed by atoms with Crippen molar-refractivity contribution in [3.8, 4) is 22.8 Å². The lowest BCUT2D eigenvalue weighted by Crippen LogP contribution is -1.92. The van der Waals surface area contributed by atoms with Crippen LogP contribution in [0.15, 0.2) is 21.7 Å². The fourth-order valence-electron chi connectivity index (χ4n) is 1.41. The van der Waals surface area contributed by atoms with Crippen LogP contribution in [-0.2, 0) is 0 Å². The van der Waals surface area contributed by atoms with E-state index in [1.165, 1.54) is 6.20 Å². The Morgan fingerprint density at radius 2 is 2.28 bits per heavy atom. The van der Waals surface area contributed by atoms with E-state index in [2.05, 4.69) is 39.8 Å². The minimum atomic E-state index is -0.643. The molecule has 11 nitrogen and oxygen atoms in total. The summed E-state index contributed by atoms with van der Waals surface area (Å²) in [5.74, 6) is -0.345. The molecule has 0 fully saturated rings. The maximum absolute atomic E-state index is 10.9. The number of nitrogens with zero attached hydrogens (tertiary/aromatic N) is 6. The van der Waals surface area contributed by atoms with Gasteiger partial charge in [-0.2, -0.15) is 4.98 Å². The largest absolute Gasteiger partial charge is 0.358 e. The van der Waals surface area contributed by atoms with Gasteiger partial charge in [-0.15, -0.1) is 5.10 Å². The highest BCUT2D eigenvalue weighted by atomic mass is 16.6. The van der Waals surface area contributed by atoms with Crippen LogP contribution >= 0.6 is 0 Å². The summed E-state index contributed by atoms with van der Waals surface area (Å²) in [6.07, 6.45) is 2.32. The van der Waals surface area contributed by atoms with E-state index in [0.717, 1.165) is 6.39 Å². The highest BCUT2D eigenvalue weighted by molar-refractivity contribution is 5.80. The van der Waals surface area contributed by atoms with E-state index in [-0.39, 0.29) is 28.6 Å². The lowest BCUT2D eigenvalue weighted by Gasteiger charge is -1.93. The van der Waals surface area contributed by atoms with Gasteiger partial charge in [-0.3, -0.25) is 0 Å². The Morgan fingerprint density at radius 3 is 2.89 bits per heavy atom. The molecule has 3 aromatic rings. The van der Waals surface area contributed by atoms with Crippen LogP contribution in [-0.4, -0.2) is 35.6 Å². The quantitative estimate of drug-likeness (QED) is 0.514. The molecule has 0 bridgehead atoms. The average Bonchev–Trinajstić information content (AvgIpc) is 3.10. The second-order valence-corrected chi connectivity index (χ2v) is 3.10. The topological polar surface area (TPSA) is 150 Å². The van der Waals surface area contributed by atoms with Gasteiger partial charge in [0, 0.05) is 0 Å². The molecule has 0 saturated carbocycles. The van der Waals surface area contributed by atoms with Crippen molar-refractivity contribution in [2.75, 3.05) is 0 Å². The third-order valence-corrected chi connectivity index (χ3v) is 2.12. The van der Waals surface area contributed by atoms with E-state index < -0.39 is 4.92 Å². The number of hydrogen-bond acceptors (Lipinski definition) is 9. The Labute approximate surface area is 96.9 Å². The average molecular weight is 249 g/mol. The molecule has 0 amide bonds. The van der Waals surface area contributed by atoms with Crippen LogP contribution in [0.5, 0.6) is 0 Å². The lowest BCUT2D eigenvalue weighted by molar-refractivity contribution is -0.388. The van der Waals surface area contributed by atoms with Gasteiger partial charge in [0.25, 0.3) is 0 Å². The van der Waals surface area contributed by atoms with E-state index in [9.17, 15) is 10.1 Å². The summed E-state index contributed by atoms with van der Waals surface area (Å²) >= 11 is 0. The van der Waals surface area contributed by atoms with Gasteiger partial charge in [-0.05, 0) is 10.1 Å². The second-order valence-electron chi connectivity index (χ2n) is 3.10. The maximum atomic E-state index is 10.9. The molecule has 18 heavy (non-hydrogen) atoms. The Morgan fingerprint density at radius 1 is 1.39 bits per heavy atom. The molecule has 3 heterocycles. The van der Waals surface area contributed by atoms with Crippen molar-refractivity contribution in [3.05, 3.63) is 22.7 Å². The molecule has 0 atom stereocenters. The first-order valence-electron chi connectivity index (χ1n) is 4.55. The van der Waals surface area contributed by atoms with Crippen LogP contribution < -0.4 is 0 Å². The van der Waals surface area contributed by atoms with Gasteiger partial charge in [-0.1, -0.05) is 15.4 Å². The summed E-state index contributed by atoms with van der Waals surface area (Å²) < 4.78 is 8.98. The number of H-pyrrole nitrogens is 1. The maximum Gasteiger partial charge on any atom is 0.354 e. The first kappa shape index (κ1) is 10.1. The van der Waals surface area contributed by atoms with Crippen molar-refractivity contribution < 1.29 is 14.1 Å². The molecule has 0 unspecified atom stereocenters. The third-order valence-electron chi connectivity index (χ3n) is 2.12. The standard InChI is InChI=1S/C7H3N7O4/c15-14(16)7-4(6-8-2-17-13-6)5(10-11-7)3-1-9-18-12-3/h1-2H,(H,10,11). The molecule has 0 aliphatic carbocycles. The molecular formula is C7H3N7O4. The lowest BCUT2D eigenvalue weighted by atomic mass is 10.2. The van der Waals surface area contributed by atoms with Crippen LogP contribution in [0.1, 0.15) is 0 Å². The number of hydrogen-bond donors (Lipinski definition) is 1. The zero-order chi connectivity index (χ0) is 12.5. The summed E-state index contributed by atoms with van der Waals surface area (Å²) in [6, 6.07) is 0. The van der Waals surface area contributed by atoms with Crippen LogP contribution in [0.25, 0.3) is 22.8 Å². The number of aromatic nitrogens is 6. The molecule has 0 aliphatic rings. The highest BCUT2D eigenvalue weighted by Gasteiger charge is 2.29. The molecule has 90 valence electrons. The van der Waals surface area contributed by atoms with Crippen molar-refractivity contribution in [3.63, 3.8) is 0 Å². The van der Waals surface area contributed by atoms with Crippen LogP contribution in [0.2, 0.25) is 0 Å². The number of rotatable bonds is 3. The molecule has 0 saturated heterocycles. The molecule has 3 rings (SSSR count). The Bertz CT molecular complexity index is 671. The summed E-state index contributed by atoms with van der Waals surface area (Å²) in [5, 5.41) is 27.4. The van der Waals surface area contributed by atoms with E-state index >= 15 is 0 Å². The van der Waals surface area contributed by atoms with E-state index in [1.807, 2.05) is 0 Å². The summed E-state index contributed by atoms with van der Waals surface area (Å²) in [7, 11) is 0. The fraction of sp³-hybridized carbons (Fsp3) is 0. The first-order valence-corrected chi connectivity index (χ1v) is 4.55. The van der Waals surface area contributed by atoms with E-state index in [1.54, 1.807) is 0 Å². The van der Waals surface area contributed by atoms with Crippen molar-refractivity contribution in [1.29, 1.82) is 0 Å². The van der Waals surface area contributed by atoms with Crippen LogP contribution in [0, 0.1) is 10.1 Å². The summed E-state index contributed by atoms with van der Waals surface area (Å²) in [4.78, 5) is 14.0. The number of nitro groups is 1. The molecule has 0 radical (unpaired) electrons. The van der Waals surface area contributed by atoms with Crippen molar-refractivity contribution >= 4 is 5.82 Å². The zero-order valence-corrected chi connectivity index (χ0v) is 8.47. The Kier molecular flexibility index (Phi) is 2.08. The fourth-order valence-corrected chi connectivity index (χ4v) is 1.41. The van der Waals surface area contributed by atoms with Gasteiger partial charge in [0.1, 0.15) is 11.8 Å². The minimum absolute atomic E-state index is 0.0217. The monoisotopic (exact) mass is 249 g/mol. The summed E-state index contributed by atoms with van der Waals surface area (Å²) in [5.41, 5.74) is 0.438. The van der Waals surface area contributed by atoms with Crippen molar-refractivity contribution in [1.82, 2.24) is 30.7 Å². The zero-order valence-electron chi connectivity index (χ0n) is 8.47. The van der Waals surface area contributed by atoms with Crippen LogP contribution in [0.3, 0.4) is 0 Å². The molecule has 0 spiro atoms. The van der Waals surface area contributed by atoms with E-state index in [4.69, 9.17) is 0 Å². The molecule has 0 aromatic carbocycles. The van der Waals surface area contributed by atoms with Gasteiger partial charge < -0.3 is 14.6 Å². The molecular weight excluding hydrogens is 246 g/mol. The number of nitrogens with one attached hydrogen (secondary N) is 1. The molecule has 3 aromatic heterocycles. The van der Waals surface area contributed by atoms with Gasteiger partial charge in [-0.25, -0.2) is 4.63 Å². The predicted octanol–water partition coefficient (Wildman–Crippen LogP) is 0.418. The Balaban J connectivity index is 2.25. The van der Waals surface area contributed by atoms with Crippen LogP contribution in [0.4, 0.5) is 5.82 Å². The minimum Gasteiger partial charge on any atom is -0.358 e. The third kappa shape index (κ3) is 1.41. The van der Waals surface area contributed by atoms with Crippen molar-refractivity contribution in [2.24, 2.45) is 0 Å². The predicted molar refractivity (Wildman–Crippen MR) is 51.8 cm³/mol. The highest BCUT2D eigenvalue weighted by Crippen LogP contribution is 2.33. The molecule has 0 aliphatic heterocycles. The SMILES string of the molecule is O=[N+]([O-])c1[nH]nc(-c2cnon2)c1-c1ncon1. The normalized spacial score (nSPS) is 10.7. The number of aromatic amines is 1. The van der Waals surface area contributed by atoms with Gasteiger partial charge in [0.05, 0.1) is 0 Å². The van der Waals surface area contributed by atoms with E-state index in [0.29, 0.717) is 0 Å².